The standard InChI is InChI=1S/C18H19FN2O3/c1-24-16-7-6-13(10-15(16)19)20-17(23)21-18(11-22)9-8-12-4-2-3-5-14(12)18/h2-7,10,22H,8-9,11H2,1H3,(H2,20,21,23). The van der Waals surface area contributed by atoms with Gasteiger partial charge in [0, 0.05) is 11.8 Å². The summed E-state index contributed by atoms with van der Waals surface area (Å²) in [5.41, 5.74) is 1.53. The highest BCUT2D eigenvalue weighted by Gasteiger charge is 2.39. The molecule has 1 aliphatic carbocycles. The number of aliphatic hydroxyl groups is 1. The fraction of sp³-hybridized carbons (Fsp3) is 0.278. The van der Waals surface area contributed by atoms with Crippen molar-refractivity contribution >= 4 is 11.7 Å². The van der Waals surface area contributed by atoms with Crippen molar-refractivity contribution in [2.24, 2.45) is 0 Å². The first-order valence-corrected chi connectivity index (χ1v) is 7.70. The number of carbonyl (C=O) groups excluding carboxylic acids is 1. The van der Waals surface area contributed by atoms with E-state index in [9.17, 15) is 14.3 Å². The molecule has 126 valence electrons. The van der Waals surface area contributed by atoms with Gasteiger partial charge in [0.25, 0.3) is 0 Å². The lowest BCUT2D eigenvalue weighted by Gasteiger charge is -2.29. The molecule has 0 radical (unpaired) electrons. The van der Waals surface area contributed by atoms with Crippen molar-refractivity contribution in [2.45, 2.75) is 18.4 Å². The topological polar surface area (TPSA) is 70.6 Å². The van der Waals surface area contributed by atoms with Crippen LogP contribution in [-0.4, -0.2) is 24.9 Å². The predicted molar refractivity (Wildman–Crippen MR) is 88.6 cm³/mol. The number of halogens is 1. The summed E-state index contributed by atoms with van der Waals surface area (Å²) in [6.07, 6.45) is 1.40. The summed E-state index contributed by atoms with van der Waals surface area (Å²) in [5, 5.41) is 15.3. The number of hydrogen-bond acceptors (Lipinski definition) is 3. The van der Waals surface area contributed by atoms with Gasteiger partial charge in [-0.3, -0.25) is 0 Å². The number of methoxy groups -OCH3 is 1. The fourth-order valence-electron chi connectivity index (χ4n) is 3.15. The van der Waals surface area contributed by atoms with E-state index in [2.05, 4.69) is 10.6 Å². The molecule has 3 N–H and O–H groups in total. The lowest BCUT2D eigenvalue weighted by atomic mass is 9.93. The first-order chi connectivity index (χ1) is 11.6. The molecule has 24 heavy (non-hydrogen) atoms. The molecule has 0 saturated heterocycles. The second kappa shape index (κ2) is 6.49. The van der Waals surface area contributed by atoms with E-state index in [0.29, 0.717) is 12.1 Å². The predicted octanol–water partition coefficient (Wildman–Crippen LogP) is 2.79. The van der Waals surface area contributed by atoms with Crippen LogP contribution in [0.3, 0.4) is 0 Å². The Morgan fingerprint density at radius 3 is 2.83 bits per heavy atom. The Labute approximate surface area is 139 Å². The van der Waals surface area contributed by atoms with Crippen molar-refractivity contribution in [1.29, 1.82) is 0 Å². The molecule has 2 amide bonds. The van der Waals surface area contributed by atoms with Gasteiger partial charge < -0.3 is 20.5 Å². The third-order valence-electron chi connectivity index (χ3n) is 4.39. The molecule has 0 spiro atoms. The zero-order chi connectivity index (χ0) is 17.2. The molecule has 0 saturated carbocycles. The Morgan fingerprint density at radius 1 is 1.33 bits per heavy atom. The summed E-state index contributed by atoms with van der Waals surface area (Å²) in [5.74, 6) is -0.448. The highest BCUT2D eigenvalue weighted by Crippen LogP contribution is 2.36. The van der Waals surface area contributed by atoms with Crippen LogP contribution in [0.15, 0.2) is 42.5 Å². The summed E-state index contributed by atoms with van der Waals surface area (Å²) in [6, 6.07) is 11.4. The zero-order valence-corrected chi connectivity index (χ0v) is 13.3. The zero-order valence-electron chi connectivity index (χ0n) is 13.3. The van der Waals surface area contributed by atoms with E-state index in [0.717, 1.165) is 17.5 Å². The molecule has 0 fully saturated rings. The number of aliphatic hydroxyl groups excluding tert-OH is 1. The van der Waals surface area contributed by atoms with Crippen LogP contribution in [0.25, 0.3) is 0 Å². The highest BCUT2D eigenvalue weighted by atomic mass is 19.1. The third-order valence-corrected chi connectivity index (χ3v) is 4.39. The summed E-state index contributed by atoms with van der Waals surface area (Å²) in [6.45, 7) is -0.200. The number of carbonyl (C=O) groups is 1. The normalized spacial score (nSPS) is 18.8. The van der Waals surface area contributed by atoms with E-state index in [4.69, 9.17) is 4.74 Å². The Morgan fingerprint density at radius 2 is 2.12 bits per heavy atom. The van der Waals surface area contributed by atoms with Crippen LogP contribution in [0.4, 0.5) is 14.9 Å². The van der Waals surface area contributed by atoms with Crippen molar-refractivity contribution < 1.29 is 19.0 Å². The van der Waals surface area contributed by atoms with E-state index < -0.39 is 17.4 Å². The molecule has 1 unspecified atom stereocenters. The fourth-order valence-corrected chi connectivity index (χ4v) is 3.15. The lowest BCUT2D eigenvalue weighted by Crippen LogP contribution is -2.48. The van der Waals surface area contributed by atoms with Crippen LogP contribution in [0, 0.1) is 5.82 Å². The van der Waals surface area contributed by atoms with Gasteiger partial charge in [-0.2, -0.15) is 0 Å². The van der Waals surface area contributed by atoms with Gasteiger partial charge in [0.2, 0.25) is 0 Å². The summed E-state index contributed by atoms with van der Waals surface area (Å²) in [7, 11) is 1.38. The minimum absolute atomic E-state index is 0.109. The van der Waals surface area contributed by atoms with Gasteiger partial charge in [0.05, 0.1) is 19.3 Å². The minimum Gasteiger partial charge on any atom is -0.494 e. The Balaban J connectivity index is 1.76. The van der Waals surface area contributed by atoms with Crippen LogP contribution in [0.5, 0.6) is 5.75 Å². The number of amides is 2. The number of benzene rings is 2. The molecule has 0 aromatic heterocycles. The van der Waals surface area contributed by atoms with Gasteiger partial charge >= 0.3 is 6.03 Å². The number of nitrogens with one attached hydrogen (secondary N) is 2. The van der Waals surface area contributed by atoms with Crippen molar-refractivity contribution in [3.05, 3.63) is 59.4 Å². The molecule has 6 heteroatoms. The molecule has 2 aromatic carbocycles. The molecule has 0 bridgehead atoms. The SMILES string of the molecule is COc1ccc(NC(=O)NC2(CO)CCc3ccccc32)cc1F. The number of rotatable bonds is 4. The second-order valence-corrected chi connectivity index (χ2v) is 5.83. The molecule has 3 rings (SSSR count). The largest absolute Gasteiger partial charge is 0.494 e. The minimum atomic E-state index is -0.814. The van der Waals surface area contributed by atoms with Gasteiger partial charge in [-0.1, -0.05) is 24.3 Å². The smallest absolute Gasteiger partial charge is 0.320 e. The first-order valence-electron chi connectivity index (χ1n) is 7.70. The second-order valence-electron chi connectivity index (χ2n) is 5.83. The molecular weight excluding hydrogens is 311 g/mol. The summed E-state index contributed by atoms with van der Waals surface area (Å²) >= 11 is 0. The van der Waals surface area contributed by atoms with Gasteiger partial charge in [-0.25, -0.2) is 9.18 Å². The quantitative estimate of drug-likeness (QED) is 0.807. The van der Waals surface area contributed by atoms with Gasteiger partial charge in [0.15, 0.2) is 11.6 Å². The average Bonchev–Trinajstić information content (AvgIpc) is 2.94. The lowest BCUT2D eigenvalue weighted by molar-refractivity contribution is 0.164. The maximum atomic E-state index is 13.7. The van der Waals surface area contributed by atoms with E-state index in [1.54, 1.807) is 6.07 Å². The number of anilines is 1. The average molecular weight is 330 g/mol. The highest BCUT2D eigenvalue weighted by molar-refractivity contribution is 5.90. The monoisotopic (exact) mass is 330 g/mol. The Bertz CT molecular complexity index is 766. The van der Waals surface area contributed by atoms with E-state index in [1.807, 2.05) is 24.3 Å². The Hall–Kier alpha value is -2.60. The maximum Gasteiger partial charge on any atom is 0.320 e. The number of aryl methyl sites for hydroxylation is 1. The number of ether oxygens (including phenoxy) is 1. The third kappa shape index (κ3) is 2.92. The summed E-state index contributed by atoms with van der Waals surface area (Å²) < 4.78 is 18.6. The molecule has 2 aromatic rings. The first kappa shape index (κ1) is 16.3. The van der Waals surface area contributed by atoms with Crippen LogP contribution in [0.2, 0.25) is 0 Å². The molecule has 1 aliphatic rings. The Kier molecular flexibility index (Phi) is 4.40. The van der Waals surface area contributed by atoms with Crippen molar-refractivity contribution in [3.63, 3.8) is 0 Å². The van der Waals surface area contributed by atoms with Crippen LogP contribution < -0.4 is 15.4 Å². The van der Waals surface area contributed by atoms with Crippen LogP contribution in [-0.2, 0) is 12.0 Å². The molecule has 5 nitrogen and oxygen atoms in total. The van der Waals surface area contributed by atoms with Gasteiger partial charge in [-0.15, -0.1) is 0 Å². The van der Waals surface area contributed by atoms with E-state index >= 15 is 0 Å². The van der Waals surface area contributed by atoms with Crippen molar-refractivity contribution in [1.82, 2.24) is 5.32 Å². The molecule has 0 aliphatic heterocycles. The maximum absolute atomic E-state index is 13.7. The molecule has 1 atom stereocenters. The van der Waals surface area contributed by atoms with Crippen molar-refractivity contribution in [2.75, 3.05) is 19.0 Å². The number of fused-ring (bicyclic) bond motifs is 1. The van der Waals surface area contributed by atoms with Crippen LogP contribution in [0.1, 0.15) is 17.5 Å². The summed E-state index contributed by atoms with van der Waals surface area (Å²) in [4.78, 5) is 12.3. The van der Waals surface area contributed by atoms with E-state index in [-0.39, 0.29) is 12.4 Å². The van der Waals surface area contributed by atoms with Crippen LogP contribution >= 0.6 is 0 Å². The number of hydrogen-bond donors (Lipinski definition) is 3. The van der Waals surface area contributed by atoms with E-state index in [1.165, 1.54) is 19.2 Å². The van der Waals surface area contributed by atoms with Gasteiger partial charge in [0.1, 0.15) is 0 Å². The molecular formula is C18H19FN2O3. The van der Waals surface area contributed by atoms with Gasteiger partial charge in [-0.05, 0) is 36.1 Å². The molecule has 0 heterocycles. The van der Waals surface area contributed by atoms with Crippen molar-refractivity contribution in [3.8, 4) is 5.75 Å². The number of urea groups is 1.